The third kappa shape index (κ3) is 4.35. The predicted molar refractivity (Wildman–Crippen MR) is 85.7 cm³/mol. The number of hydrogen-bond acceptors (Lipinski definition) is 2. The lowest BCUT2D eigenvalue weighted by atomic mass is 10.0. The normalized spacial score (nSPS) is 12.0. The van der Waals surface area contributed by atoms with Crippen LogP contribution in [0.5, 0.6) is 5.75 Å². The first-order valence-electron chi connectivity index (χ1n) is 7.19. The Balaban J connectivity index is 1.94. The van der Waals surface area contributed by atoms with Crippen molar-refractivity contribution in [1.29, 1.82) is 0 Å². The molecule has 0 aliphatic heterocycles. The van der Waals surface area contributed by atoms with Crippen molar-refractivity contribution in [3.8, 4) is 5.75 Å². The lowest BCUT2D eigenvalue weighted by Gasteiger charge is -2.15. The molecule has 0 aliphatic carbocycles. The van der Waals surface area contributed by atoms with E-state index in [-0.39, 0.29) is 5.91 Å². The number of anilines is 1. The van der Waals surface area contributed by atoms with Crippen LogP contribution in [0.1, 0.15) is 32.3 Å². The molecule has 0 fully saturated rings. The molecule has 1 N–H and O–H groups in total. The molecule has 2 rings (SSSR count). The summed E-state index contributed by atoms with van der Waals surface area (Å²) in [6.45, 7) is 6.03. The van der Waals surface area contributed by atoms with Crippen LogP contribution < -0.4 is 10.1 Å². The fourth-order valence-corrected chi connectivity index (χ4v) is 1.95. The zero-order valence-electron chi connectivity index (χ0n) is 12.7. The van der Waals surface area contributed by atoms with Gasteiger partial charge in [0.1, 0.15) is 5.75 Å². The zero-order valence-corrected chi connectivity index (χ0v) is 12.7. The van der Waals surface area contributed by atoms with Crippen molar-refractivity contribution in [1.82, 2.24) is 0 Å². The van der Waals surface area contributed by atoms with Crippen molar-refractivity contribution in [2.75, 3.05) is 5.32 Å². The average molecular weight is 283 g/mol. The second-order valence-electron chi connectivity index (χ2n) is 5.34. The van der Waals surface area contributed by atoms with E-state index >= 15 is 0 Å². The minimum Gasteiger partial charge on any atom is -0.481 e. The summed E-state index contributed by atoms with van der Waals surface area (Å²) >= 11 is 0. The second-order valence-corrected chi connectivity index (χ2v) is 5.34. The fourth-order valence-electron chi connectivity index (χ4n) is 1.95. The molecule has 3 nitrogen and oxygen atoms in total. The molecular formula is C18H21NO2. The molecular weight excluding hydrogens is 262 g/mol. The van der Waals surface area contributed by atoms with Gasteiger partial charge >= 0.3 is 0 Å². The molecule has 2 aromatic carbocycles. The van der Waals surface area contributed by atoms with Crippen LogP contribution in [0, 0.1) is 0 Å². The highest BCUT2D eigenvalue weighted by molar-refractivity contribution is 5.94. The summed E-state index contributed by atoms with van der Waals surface area (Å²) in [5.41, 5.74) is 2.04. The van der Waals surface area contributed by atoms with Crippen LogP contribution in [-0.2, 0) is 4.79 Å². The fraction of sp³-hybridized carbons (Fsp3) is 0.278. The Hall–Kier alpha value is -2.29. The van der Waals surface area contributed by atoms with E-state index in [0.717, 1.165) is 5.69 Å². The number of rotatable bonds is 5. The maximum Gasteiger partial charge on any atom is 0.265 e. The molecule has 110 valence electrons. The Morgan fingerprint density at radius 3 is 2.14 bits per heavy atom. The van der Waals surface area contributed by atoms with Crippen LogP contribution in [0.4, 0.5) is 5.69 Å². The molecule has 0 aromatic heterocycles. The van der Waals surface area contributed by atoms with Gasteiger partial charge in [-0.05, 0) is 42.7 Å². The molecule has 1 amide bonds. The van der Waals surface area contributed by atoms with Gasteiger partial charge in [0, 0.05) is 5.69 Å². The van der Waals surface area contributed by atoms with Gasteiger partial charge < -0.3 is 10.1 Å². The first-order chi connectivity index (χ1) is 10.1. The van der Waals surface area contributed by atoms with Crippen LogP contribution >= 0.6 is 0 Å². The summed E-state index contributed by atoms with van der Waals surface area (Å²) in [7, 11) is 0. The Morgan fingerprint density at radius 1 is 0.952 bits per heavy atom. The van der Waals surface area contributed by atoms with E-state index in [9.17, 15) is 4.79 Å². The van der Waals surface area contributed by atoms with Gasteiger partial charge in [-0.15, -0.1) is 0 Å². The first-order valence-corrected chi connectivity index (χ1v) is 7.19. The Bertz CT molecular complexity index is 576. The van der Waals surface area contributed by atoms with Gasteiger partial charge in [0.05, 0.1) is 0 Å². The summed E-state index contributed by atoms with van der Waals surface area (Å²) in [6.07, 6.45) is -0.544. The molecule has 0 aliphatic rings. The van der Waals surface area contributed by atoms with Crippen LogP contribution in [0.25, 0.3) is 0 Å². The highest BCUT2D eigenvalue weighted by Crippen LogP contribution is 2.18. The molecule has 0 saturated carbocycles. The summed E-state index contributed by atoms with van der Waals surface area (Å²) in [6, 6.07) is 17.2. The summed E-state index contributed by atoms with van der Waals surface area (Å²) in [4.78, 5) is 12.1. The lowest BCUT2D eigenvalue weighted by Crippen LogP contribution is -2.30. The maximum atomic E-state index is 12.1. The second kappa shape index (κ2) is 6.93. The van der Waals surface area contributed by atoms with Crippen LogP contribution in [-0.4, -0.2) is 12.0 Å². The number of nitrogens with one attached hydrogen (secondary N) is 1. The molecule has 21 heavy (non-hydrogen) atoms. The number of benzene rings is 2. The number of carbonyl (C=O) groups excluding carboxylic acids is 1. The van der Waals surface area contributed by atoms with Gasteiger partial charge in [0.15, 0.2) is 6.10 Å². The van der Waals surface area contributed by atoms with Crippen molar-refractivity contribution >= 4 is 11.6 Å². The number of hydrogen-bond donors (Lipinski definition) is 1. The summed E-state index contributed by atoms with van der Waals surface area (Å²) in [5, 5.41) is 2.86. The van der Waals surface area contributed by atoms with E-state index in [1.807, 2.05) is 54.6 Å². The van der Waals surface area contributed by atoms with Crippen LogP contribution in [0.15, 0.2) is 54.6 Å². The molecule has 0 heterocycles. The van der Waals surface area contributed by atoms with Crippen molar-refractivity contribution in [2.24, 2.45) is 0 Å². The van der Waals surface area contributed by atoms with E-state index in [2.05, 4.69) is 19.2 Å². The highest BCUT2D eigenvalue weighted by Gasteiger charge is 2.14. The molecule has 3 heteroatoms. The monoisotopic (exact) mass is 283 g/mol. The summed E-state index contributed by atoms with van der Waals surface area (Å²) in [5.74, 6) is 1.02. The van der Waals surface area contributed by atoms with E-state index < -0.39 is 6.10 Å². The minimum atomic E-state index is -0.544. The number of para-hydroxylation sites is 1. The van der Waals surface area contributed by atoms with Crippen molar-refractivity contribution in [3.63, 3.8) is 0 Å². The van der Waals surface area contributed by atoms with E-state index in [4.69, 9.17) is 4.74 Å². The number of carbonyl (C=O) groups is 1. The van der Waals surface area contributed by atoms with Crippen molar-refractivity contribution in [3.05, 3.63) is 60.2 Å². The van der Waals surface area contributed by atoms with E-state index in [0.29, 0.717) is 11.7 Å². The largest absolute Gasteiger partial charge is 0.481 e. The Labute approximate surface area is 126 Å². The molecule has 0 bridgehead atoms. The average Bonchev–Trinajstić information content (AvgIpc) is 2.48. The van der Waals surface area contributed by atoms with Gasteiger partial charge in [-0.3, -0.25) is 4.79 Å². The molecule has 0 spiro atoms. The van der Waals surface area contributed by atoms with Gasteiger partial charge in [0.2, 0.25) is 0 Å². The topological polar surface area (TPSA) is 38.3 Å². The molecule has 1 atom stereocenters. The third-order valence-corrected chi connectivity index (χ3v) is 3.27. The van der Waals surface area contributed by atoms with Crippen molar-refractivity contribution < 1.29 is 9.53 Å². The SMILES string of the molecule is CC(C)c1ccc(NC(=O)[C@H](C)Oc2ccccc2)cc1. The molecule has 0 saturated heterocycles. The zero-order chi connectivity index (χ0) is 15.2. The molecule has 0 radical (unpaired) electrons. The summed E-state index contributed by atoms with van der Waals surface area (Å²) < 4.78 is 5.60. The van der Waals surface area contributed by atoms with Gasteiger partial charge in [-0.25, -0.2) is 0 Å². The minimum absolute atomic E-state index is 0.156. The smallest absolute Gasteiger partial charge is 0.265 e. The van der Waals surface area contributed by atoms with Gasteiger partial charge in [0.25, 0.3) is 5.91 Å². The molecule has 0 unspecified atom stereocenters. The third-order valence-electron chi connectivity index (χ3n) is 3.27. The molecule has 2 aromatic rings. The predicted octanol–water partition coefficient (Wildman–Crippen LogP) is 4.22. The van der Waals surface area contributed by atoms with Crippen LogP contribution in [0.2, 0.25) is 0 Å². The lowest BCUT2D eigenvalue weighted by molar-refractivity contribution is -0.122. The quantitative estimate of drug-likeness (QED) is 0.892. The number of amides is 1. The Morgan fingerprint density at radius 2 is 1.57 bits per heavy atom. The van der Waals surface area contributed by atoms with E-state index in [1.165, 1.54) is 5.56 Å². The van der Waals surface area contributed by atoms with Crippen LogP contribution in [0.3, 0.4) is 0 Å². The maximum absolute atomic E-state index is 12.1. The van der Waals surface area contributed by atoms with Crippen molar-refractivity contribution in [2.45, 2.75) is 32.8 Å². The Kier molecular flexibility index (Phi) is 4.99. The van der Waals surface area contributed by atoms with E-state index in [1.54, 1.807) is 6.92 Å². The standard InChI is InChI=1S/C18H21NO2/c1-13(2)15-9-11-16(12-10-15)19-18(20)14(3)21-17-7-5-4-6-8-17/h4-14H,1-3H3,(H,19,20)/t14-/m0/s1. The van der Waals surface area contributed by atoms with Gasteiger partial charge in [-0.2, -0.15) is 0 Å². The number of ether oxygens (including phenoxy) is 1. The highest BCUT2D eigenvalue weighted by atomic mass is 16.5. The van der Waals surface area contributed by atoms with Gasteiger partial charge in [-0.1, -0.05) is 44.2 Å². The first kappa shape index (κ1) is 15.1.